The number of carbonyl (C=O) groups excluding carboxylic acids is 1. The van der Waals surface area contributed by atoms with Gasteiger partial charge in [0, 0.05) is 10.8 Å². The summed E-state index contributed by atoms with van der Waals surface area (Å²) in [6, 6.07) is 14.6. The van der Waals surface area contributed by atoms with Gasteiger partial charge in [0.2, 0.25) is 0 Å². The minimum atomic E-state index is 0.283. The third-order valence-corrected chi connectivity index (χ3v) is 4.90. The van der Waals surface area contributed by atoms with Crippen LogP contribution in [0.3, 0.4) is 0 Å². The number of carbonyl (C=O) groups is 1. The van der Waals surface area contributed by atoms with Gasteiger partial charge in [-0.25, -0.2) is 0 Å². The van der Waals surface area contributed by atoms with Crippen LogP contribution in [0.5, 0.6) is 0 Å². The van der Waals surface area contributed by atoms with Crippen LogP contribution in [0.2, 0.25) is 0 Å². The van der Waals surface area contributed by atoms with Gasteiger partial charge in [0.1, 0.15) is 0 Å². The molecule has 1 aliphatic rings. The smallest absolute Gasteiger partial charge is 0.196 e. The molecule has 0 aromatic heterocycles. The topological polar surface area (TPSA) is 17.1 Å². The molecule has 0 atom stereocenters. The van der Waals surface area contributed by atoms with E-state index in [4.69, 9.17) is 0 Å². The van der Waals surface area contributed by atoms with Crippen molar-refractivity contribution < 1.29 is 4.79 Å². The number of hydrogen-bond acceptors (Lipinski definition) is 2. The SMILES string of the molecule is O=C(Sc1ccc2ccccc2c1)C1CCCCC1. The molecule has 2 aromatic rings. The third kappa shape index (κ3) is 3.01. The minimum Gasteiger partial charge on any atom is -0.287 e. The average Bonchev–Trinajstić information content (AvgIpc) is 2.48. The number of rotatable bonds is 2. The van der Waals surface area contributed by atoms with Crippen molar-refractivity contribution in [3.05, 3.63) is 42.5 Å². The van der Waals surface area contributed by atoms with E-state index >= 15 is 0 Å². The van der Waals surface area contributed by atoms with E-state index in [0.717, 1.165) is 17.7 Å². The molecule has 0 aliphatic heterocycles. The summed E-state index contributed by atoms with van der Waals surface area (Å²) in [5.74, 6) is 0.283. The molecule has 2 aromatic carbocycles. The van der Waals surface area contributed by atoms with Gasteiger partial charge in [0.15, 0.2) is 5.12 Å². The molecule has 3 rings (SSSR count). The zero-order valence-corrected chi connectivity index (χ0v) is 11.8. The van der Waals surface area contributed by atoms with Crippen LogP contribution in [-0.4, -0.2) is 5.12 Å². The molecule has 2 heteroatoms. The molecule has 0 unspecified atom stereocenters. The molecule has 19 heavy (non-hydrogen) atoms. The quantitative estimate of drug-likeness (QED) is 0.711. The molecular weight excluding hydrogens is 252 g/mol. The van der Waals surface area contributed by atoms with Gasteiger partial charge in [-0.15, -0.1) is 0 Å². The van der Waals surface area contributed by atoms with Crippen molar-refractivity contribution in [1.29, 1.82) is 0 Å². The maximum atomic E-state index is 12.3. The predicted molar refractivity (Wildman–Crippen MR) is 81.4 cm³/mol. The van der Waals surface area contributed by atoms with Crippen molar-refractivity contribution in [2.75, 3.05) is 0 Å². The van der Waals surface area contributed by atoms with Gasteiger partial charge in [0.25, 0.3) is 0 Å². The first-order chi connectivity index (χ1) is 9.33. The Morgan fingerprint density at radius 1 is 0.947 bits per heavy atom. The molecule has 0 saturated heterocycles. The number of fused-ring (bicyclic) bond motifs is 1. The van der Waals surface area contributed by atoms with E-state index in [1.54, 1.807) is 0 Å². The van der Waals surface area contributed by atoms with Crippen LogP contribution in [0.25, 0.3) is 10.8 Å². The molecule has 1 saturated carbocycles. The van der Waals surface area contributed by atoms with Crippen LogP contribution < -0.4 is 0 Å². The molecule has 0 bridgehead atoms. The Hall–Kier alpha value is -1.28. The average molecular weight is 270 g/mol. The zero-order valence-electron chi connectivity index (χ0n) is 11.0. The van der Waals surface area contributed by atoms with E-state index in [2.05, 4.69) is 30.3 Å². The third-order valence-electron chi connectivity index (χ3n) is 3.88. The van der Waals surface area contributed by atoms with Crippen molar-refractivity contribution in [3.63, 3.8) is 0 Å². The fourth-order valence-electron chi connectivity index (χ4n) is 2.77. The second-order valence-corrected chi connectivity index (χ2v) is 6.34. The molecule has 1 fully saturated rings. The lowest BCUT2D eigenvalue weighted by Crippen LogP contribution is -2.14. The summed E-state index contributed by atoms with van der Waals surface area (Å²) < 4.78 is 0. The fraction of sp³-hybridized carbons (Fsp3) is 0.353. The number of benzene rings is 2. The Labute approximate surface area is 118 Å². The van der Waals surface area contributed by atoms with Gasteiger partial charge in [-0.3, -0.25) is 4.79 Å². The van der Waals surface area contributed by atoms with E-state index in [9.17, 15) is 4.79 Å². The zero-order chi connectivity index (χ0) is 13.1. The van der Waals surface area contributed by atoms with Crippen molar-refractivity contribution >= 4 is 27.6 Å². The summed E-state index contributed by atoms with van der Waals surface area (Å²) in [6.07, 6.45) is 5.90. The lowest BCUT2D eigenvalue weighted by molar-refractivity contribution is -0.115. The maximum absolute atomic E-state index is 12.3. The first-order valence-corrected chi connectivity index (χ1v) is 7.85. The molecule has 1 aliphatic carbocycles. The molecular formula is C17H18OS. The predicted octanol–water partition coefficient (Wildman–Crippen LogP) is 5.04. The monoisotopic (exact) mass is 270 g/mol. The summed E-state index contributed by atoms with van der Waals surface area (Å²) >= 11 is 1.43. The van der Waals surface area contributed by atoms with Crippen molar-refractivity contribution in [1.82, 2.24) is 0 Å². The largest absolute Gasteiger partial charge is 0.287 e. The van der Waals surface area contributed by atoms with E-state index < -0.39 is 0 Å². The van der Waals surface area contributed by atoms with Gasteiger partial charge < -0.3 is 0 Å². The number of thioether (sulfide) groups is 1. The van der Waals surface area contributed by atoms with Crippen molar-refractivity contribution in [3.8, 4) is 0 Å². The molecule has 0 spiro atoms. The first kappa shape index (κ1) is 12.7. The second-order valence-electron chi connectivity index (χ2n) is 5.26. The highest BCUT2D eigenvalue weighted by Gasteiger charge is 2.21. The highest BCUT2D eigenvalue weighted by Crippen LogP contribution is 2.32. The molecule has 98 valence electrons. The fourth-order valence-corrected chi connectivity index (χ4v) is 3.73. The van der Waals surface area contributed by atoms with Gasteiger partial charge in [-0.1, -0.05) is 61.4 Å². The van der Waals surface area contributed by atoms with Crippen LogP contribution in [0.1, 0.15) is 32.1 Å². The molecule has 0 radical (unpaired) electrons. The second kappa shape index (κ2) is 5.79. The van der Waals surface area contributed by atoms with Gasteiger partial charge in [0.05, 0.1) is 0 Å². The van der Waals surface area contributed by atoms with Crippen LogP contribution in [-0.2, 0) is 4.79 Å². The van der Waals surface area contributed by atoms with Crippen molar-refractivity contribution in [2.24, 2.45) is 5.92 Å². The van der Waals surface area contributed by atoms with E-state index in [1.807, 2.05) is 12.1 Å². The normalized spacial score (nSPS) is 16.6. The summed E-state index contributed by atoms with van der Waals surface area (Å²) in [6.45, 7) is 0. The number of hydrogen-bond donors (Lipinski definition) is 0. The summed E-state index contributed by atoms with van der Waals surface area (Å²) in [7, 11) is 0. The van der Waals surface area contributed by atoms with Gasteiger partial charge in [-0.05, 0) is 35.7 Å². The Morgan fingerprint density at radius 2 is 1.68 bits per heavy atom. The lowest BCUT2D eigenvalue weighted by atomic mass is 9.90. The Kier molecular flexibility index (Phi) is 3.88. The van der Waals surface area contributed by atoms with Crippen LogP contribution >= 0.6 is 11.8 Å². The molecule has 0 heterocycles. The molecule has 0 N–H and O–H groups in total. The highest BCUT2D eigenvalue weighted by molar-refractivity contribution is 8.13. The van der Waals surface area contributed by atoms with E-state index in [-0.39, 0.29) is 5.92 Å². The summed E-state index contributed by atoms with van der Waals surface area (Å²) in [5, 5.41) is 2.80. The van der Waals surface area contributed by atoms with E-state index in [0.29, 0.717) is 5.12 Å². The summed E-state index contributed by atoms with van der Waals surface area (Å²) in [4.78, 5) is 13.3. The van der Waals surface area contributed by atoms with Crippen molar-refractivity contribution in [2.45, 2.75) is 37.0 Å². The lowest BCUT2D eigenvalue weighted by Gasteiger charge is -2.19. The minimum absolute atomic E-state index is 0.283. The standard InChI is InChI=1S/C17H18OS/c18-17(14-7-2-1-3-8-14)19-16-11-10-13-6-4-5-9-15(13)12-16/h4-6,9-12,14H,1-3,7-8H2. The Balaban J connectivity index is 1.75. The highest BCUT2D eigenvalue weighted by atomic mass is 32.2. The molecule has 0 amide bonds. The Morgan fingerprint density at radius 3 is 2.47 bits per heavy atom. The van der Waals surface area contributed by atoms with Crippen LogP contribution in [0.4, 0.5) is 0 Å². The molecule has 1 nitrogen and oxygen atoms in total. The van der Waals surface area contributed by atoms with Crippen LogP contribution in [0.15, 0.2) is 47.4 Å². The van der Waals surface area contributed by atoms with Gasteiger partial charge in [-0.2, -0.15) is 0 Å². The first-order valence-electron chi connectivity index (χ1n) is 7.03. The van der Waals surface area contributed by atoms with E-state index in [1.165, 1.54) is 41.8 Å². The summed E-state index contributed by atoms with van der Waals surface area (Å²) in [5.41, 5.74) is 0. The maximum Gasteiger partial charge on any atom is 0.196 e. The van der Waals surface area contributed by atoms with Crippen LogP contribution in [0, 0.1) is 5.92 Å². The Bertz CT molecular complexity index is 585. The van der Waals surface area contributed by atoms with Gasteiger partial charge >= 0.3 is 0 Å².